The Bertz CT molecular complexity index is 926. The van der Waals surface area contributed by atoms with Gasteiger partial charge >= 0.3 is 0 Å². The van der Waals surface area contributed by atoms with Gasteiger partial charge in [-0.3, -0.25) is 0 Å². The molecule has 2 aromatic rings. The molecule has 1 heterocycles. The standard InChI is InChI=1S/C27H32Si/c1-18-8-10-20(3)26-22(18)12-14-24(26)28(16-6-5-7-17-28)25-15-13-23-19(2)9-11-21(4)27(23)25/h8-15,24-25H,5-7,16-17H2,1-4H3. The van der Waals surface area contributed by atoms with Gasteiger partial charge in [0.2, 0.25) is 0 Å². The van der Waals surface area contributed by atoms with Gasteiger partial charge in [0.05, 0.1) is 8.07 Å². The van der Waals surface area contributed by atoms with Crippen molar-refractivity contribution in [3.63, 3.8) is 0 Å². The Morgan fingerprint density at radius 2 is 1.04 bits per heavy atom. The summed E-state index contributed by atoms with van der Waals surface area (Å²) in [7, 11) is -1.60. The summed E-state index contributed by atoms with van der Waals surface area (Å²) in [6.45, 7) is 9.27. The quantitative estimate of drug-likeness (QED) is 0.469. The predicted octanol–water partition coefficient (Wildman–Crippen LogP) is 7.55. The molecular weight excluding hydrogens is 352 g/mol. The zero-order valence-corrected chi connectivity index (χ0v) is 18.8. The average molecular weight is 385 g/mol. The number of fused-ring (bicyclic) bond motifs is 2. The van der Waals surface area contributed by atoms with Gasteiger partial charge < -0.3 is 0 Å². The molecule has 1 heteroatoms. The third-order valence-electron chi connectivity index (χ3n) is 8.00. The van der Waals surface area contributed by atoms with E-state index in [1.807, 2.05) is 0 Å². The first-order valence-electron chi connectivity index (χ1n) is 11.1. The van der Waals surface area contributed by atoms with Gasteiger partial charge in [0.1, 0.15) is 0 Å². The molecule has 2 unspecified atom stereocenters. The maximum Gasteiger partial charge on any atom is 0.0775 e. The summed E-state index contributed by atoms with van der Waals surface area (Å²) < 4.78 is 0. The van der Waals surface area contributed by atoms with Crippen molar-refractivity contribution in [3.8, 4) is 0 Å². The number of aryl methyl sites for hydroxylation is 4. The Kier molecular flexibility index (Phi) is 4.28. The average Bonchev–Trinajstić information content (AvgIpc) is 3.35. The summed E-state index contributed by atoms with van der Waals surface area (Å²) in [5, 5.41) is 0. The Labute approximate surface area is 171 Å². The lowest BCUT2D eigenvalue weighted by atomic mass is 9.99. The van der Waals surface area contributed by atoms with E-state index >= 15 is 0 Å². The molecule has 0 N–H and O–H groups in total. The first-order chi connectivity index (χ1) is 13.5. The zero-order valence-electron chi connectivity index (χ0n) is 17.8. The molecule has 0 radical (unpaired) electrons. The van der Waals surface area contributed by atoms with E-state index in [1.54, 1.807) is 11.1 Å². The highest BCUT2D eigenvalue weighted by molar-refractivity contribution is 6.84. The zero-order chi connectivity index (χ0) is 19.5. The van der Waals surface area contributed by atoms with Crippen molar-refractivity contribution in [2.24, 2.45) is 0 Å². The van der Waals surface area contributed by atoms with Crippen LogP contribution in [0.2, 0.25) is 12.1 Å². The van der Waals surface area contributed by atoms with Crippen LogP contribution in [-0.2, 0) is 0 Å². The van der Waals surface area contributed by atoms with E-state index in [0.29, 0.717) is 11.1 Å². The summed E-state index contributed by atoms with van der Waals surface area (Å²) in [4.78, 5) is 0. The number of rotatable bonds is 2. The molecule has 0 saturated carbocycles. The van der Waals surface area contributed by atoms with Gasteiger partial charge in [-0.25, -0.2) is 0 Å². The first-order valence-corrected chi connectivity index (χ1v) is 13.7. The van der Waals surface area contributed by atoms with Gasteiger partial charge in [0.15, 0.2) is 0 Å². The van der Waals surface area contributed by atoms with Crippen molar-refractivity contribution in [2.75, 3.05) is 0 Å². The van der Waals surface area contributed by atoms with Crippen molar-refractivity contribution in [1.82, 2.24) is 0 Å². The van der Waals surface area contributed by atoms with Gasteiger partial charge in [0, 0.05) is 0 Å². The molecule has 0 amide bonds. The van der Waals surface area contributed by atoms with Gasteiger partial charge in [-0.05, 0) is 83.3 Å². The van der Waals surface area contributed by atoms with E-state index < -0.39 is 8.07 Å². The Balaban J connectivity index is 1.70. The molecule has 1 fully saturated rings. The molecule has 28 heavy (non-hydrogen) atoms. The number of allylic oxidation sites excluding steroid dienone is 2. The van der Waals surface area contributed by atoms with Crippen molar-refractivity contribution >= 4 is 20.2 Å². The van der Waals surface area contributed by atoms with Gasteiger partial charge in [-0.15, -0.1) is 0 Å². The lowest BCUT2D eigenvalue weighted by molar-refractivity contribution is 0.685. The fraction of sp³-hybridized carbons (Fsp3) is 0.407. The maximum absolute atomic E-state index is 2.62. The lowest BCUT2D eigenvalue weighted by Gasteiger charge is -2.45. The van der Waals surface area contributed by atoms with Crippen molar-refractivity contribution < 1.29 is 0 Å². The minimum atomic E-state index is -1.60. The van der Waals surface area contributed by atoms with Crippen LogP contribution >= 0.6 is 0 Å². The van der Waals surface area contributed by atoms with Crippen LogP contribution in [0.15, 0.2) is 36.4 Å². The molecule has 2 atom stereocenters. The second-order valence-electron chi connectivity index (χ2n) is 9.52. The number of hydrogen-bond acceptors (Lipinski definition) is 0. The third kappa shape index (κ3) is 2.48. The van der Waals surface area contributed by atoms with Crippen LogP contribution in [0, 0.1) is 27.7 Å². The molecule has 0 bridgehead atoms. The molecule has 144 valence electrons. The topological polar surface area (TPSA) is 0 Å². The largest absolute Gasteiger partial charge is 0.0790 e. The fourth-order valence-corrected chi connectivity index (χ4v) is 13.1. The van der Waals surface area contributed by atoms with E-state index in [-0.39, 0.29) is 0 Å². The molecular formula is C27H32Si. The second kappa shape index (κ2) is 6.59. The van der Waals surface area contributed by atoms with Crippen LogP contribution in [0.3, 0.4) is 0 Å². The van der Waals surface area contributed by atoms with Crippen LogP contribution in [0.1, 0.15) is 74.9 Å². The molecule has 3 aliphatic rings. The summed E-state index contributed by atoms with van der Waals surface area (Å²) in [5.74, 6) is 0. The molecule has 0 spiro atoms. The van der Waals surface area contributed by atoms with E-state index in [1.165, 1.54) is 64.7 Å². The van der Waals surface area contributed by atoms with E-state index in [9.17, 15) is 0 Å². The molecule has 2 aromatic carbocycles. The minimum Gasteiger partial charge on any atom is -0.0790 e. The Morgan fingerprint density at radius 3 is 1.50 bits per heavy atom. The van der Waals surface area contributed by atoms with Crippen molar-refractivity contribution in [2.45, 2.75) is 70.1 Å². The molecule has 1 saturated heterocycles. The molecule has 1 aliphatic heterocycles. The normalized spacial score (nSPS) is 24.4. The van der Waals surface area contributed by atoms with E-state index in [0.717, 1.165) is 0 Å². The smallest absolute Gasteiger partial charge is 0.0775 e. The van der Waals surface area contributed by atoms with Crippen LogP contribution < -0.4 is 0 Å². The summed E-state index contributed by atoms with van der Waals surface area (Å²) >= 11 is 0. The second-order valence-corrected chi connectivity index (χ2v) is 14.2. The van der Waals surface area contributed by atoms with Crippen LogP contribution in [-0.4, -0.2) is 8.07 Å². The van der Waals surface area contributed by atoms with Gasteiger partial charge in [-0.1, -0.05) is 79.9 Å². The fourth-order valence-electron chi connectivity index (χ4n) is 6.54. The minimum absolute atomic E-state index is 0.684. The summed E-state index contributed by atoms with van der Waals surface area (Å²) in [6.07, 6.45) is 14.5. The van der Waals surface area contributed by atoms with Crippen LogP contribution in [0.25, 0.3) is 12.2 Å². The number of benzene rings is 2. The maximum atomic E-state index is 2.62. The number of hydrogen-bond donors (Lipinski definition) is 0. The highest BCUT2D eigenvalue weighted by Crippen LogP contribution is 2.55. The SMILES string of the molecule is Cc1ccc(C)c2c1C=CC2[Si]1(C2C=Cc3c(C)ccc(C)c32)CCCCC1. The van der Waals surface area contributed by atoms with Crippen LogP contribution in [0.4, 0.5) is 0 Å². The van der Waals surface area contributed by atoms with Crippen molar-refractivity contribution in [1.29, 1.82) is 0 Å². The van der Waals surface area contributed by atoms with E-state index in [2.05, 4.69) is 76.3 Å². The monoisotopic (exact) mass is 384 g/mol. The lowest BCUT2D eigenvalue weighted by Crippen LogP contribution is -2.48. The highest BCUT2D eigenvalue weighted by atomic mass is 28.3. The molecule has 0 aromatic heterocycles. The summed E-state index contributed by atoms with van der Waals surface area (Å²) in [6, 6.07) is 12.3. The van der Waals surface area contributed by atoms with Crippen molar-refractivity contribution in [3.05, 3.63) is 80.9 Å². The highest BCUT2D eigenvalue weighted by Gasteiger charge is 2.50. The molecule has 5 rings (SSSR count). The Hall–Kier alpha value is -1.86. The van der Waals surface area contributed by atoms with E-state index in [4.69, 9.17) is 0 Å². The van der Waals surface area contributed by atoms with Gasteiger partial charge in [0.25, 0.3) is 0 Å². The van der Waals surface area contributed by atoms with Gasteiger partial charge in [-0.2, -0.15) is 0 Å². The third-order valence-corrected chi connectivity index (χ3v) is 14.0. The molecule has 2 aliphatic carbocycles. The molecule has 0 nitrogen and oxygen atoms in total. The first kappa shape index (κ1) is 18.2. The predicted molar refractivity (Wildman–Crippen MR) is 125 cm³/mol. The Morgan fingerprint density at radius 1 is 0.607 bits per heavy atom. The van der Waals surface area contributed by atoms with Crippen LogP contribution in [0.5, 0.6) is 0 Å². The summed E-state index contributed by atoms with van der Waals surface area (Å²) in [5.41, 5.74) is 13.7.